The zero-order chi connectivity index (χ0) is 45.9. The third-order valence-corrected chi connectivity index (χ3v) is 12.9. The van der Waals surface area contributed by atoms with Crippen LogP contribution in [-0.4, -0.2) is 4.98 Å². The number of pyridine rings is 1. The van der Waals surface area contributed by atoms with Crippen LogP contribution in [0.4, 0.5) is 57.0 Å². The van der Waals surface area contributed by atoms with Crippen LogP contribution in [0.2, 0.25) is 0 Å². The van der Waals surface area contributed by atoms with Crippen LogP contribution in [0.1, 0.15) is 52.7 Å². The van der Waals surface area contributed by atoms with Gasteiger partial charge in [0.2, 0.25) is 0 Å². The molecule has 2 aliphatic heterocycles. The fourth-order valence-corrected chi connectivity index (χ4v) is 9.59. The molecule has 68 heavy (non-hydrogen) atoms. The van der Waals surface area contributed by atoms with Crippen molar-refractivity contribution in [3.8, 4) is 33.4 Å². The van der Waals surface area contributed by atoms with Crippen LogP contribution < -0.4 is 19.6 Å². The van der Waals surface area contributed by atoms with Crippen LogP contribution in [0.3, 0.4) is 0 Å². The Morgan fingerprint density at radius 2 is 1.09 bits per heavy atom. The van der Waals surface area contributed by atoms with E-state index in [2.05, 4.69) is 268 Å². The van der Waals surface area contributed by atoms with Gasteiger partial charge in [-0.1, -0.05) is 185 Å². The minimum absolute atomic E-state index is 0. The van der Waals surface area contributed by atoms with Crippen LogP contribution in [0, 0.1) is 18.8 Å². The van der Waals surface area contributed by atoms with Gasteiger partial charge in [0.05, 0.1) is 5.69 Å². The molecule has 338 valence electrons. The number of benzene rings is 8. The Kier molecular flexibility index (Phi) is 11.7. The van der Waals surface area contributed by atoms with E-state index in [-0.39, 0.29) is 31.9 Å². The number of fused-ring (bicyclic) bond motifs is 6. The van der Waals surface area contributed by atoms with Crippen LogP contribution in [0.15, 0.2) is 200 Å². The molecule has 3 heterocycles. The third-order valence-electron chi connectivity index (χ3n) is 12.9. The Balaban J connectivity index is 0.00000539. The first-order valence-electron chi connectivity index (χ1n) is 23.1. The second-order valence-corrected chi connectivity index (χ2v) is 19.4. The van der Waals surface area contributed by atoms with E-state index < -0.39 is 0 Å². The molecule has 0 N–H and O–H groups in total. The number of nitrogens with zero attached hydrogens (tertiary/aromatic N) is 5. The molecule has 11 rings (SSSR count). The molecule has 0 radical (unpaired) electrons. The van der Waals surface area contributed by atoms with Crippen molar-refractivity contribution >= 4 is 57.0 Å². The van der Waals surface area contributed by atoms with Crippen molar-refractivity contribution in [3.05, 3.63) is 230 Å². The number of para-hydroxylation sites is 4. The number of aromatic nitrogens is 1. The summed E-state index contributed by atoms with van der Waals surface area (Å²) < 4.78 is 0. The van der Waals surface area contributed by atoms with Gasteiger partial charge in [-0.05, 0) is 81.6 Å². The van der Waals surface area contributed by atoms with Crippen molar-refractivity contribution in [3.63, 3.8) is 0 Å². The van der Waals surface area contributed by atoms with Crippen LogP contribution >= 0.6 is 0 Å². The zero-order valence-corrected chi connectivity index (χ0v) is 41.5. The molecule has 0 unspecified atom stereocenters. The summed E-state index contributed by atoms with van der Waals surface area (Å²) in [5.41, 5.74) is 18.1. The quantitative estimate of drug-likeness (QED) is 0.148. The topological polar surface area (TPSA) is 25.9 Å². The van der Waals surface area contributed by atoms with E-state index in [4.69, 9.17) is 4.98 Å². The monoisotopic (exact) mass is 1060 g/mol. The molecule has 0 saturated carbocycles. The maximum Gasteiger partial charge on any atom is 0.135 e. The summed E-state index contributed by atoms with van der Waals surface area (Å²) in [5.74, 6) is 0.823. The number of hydrogen-bond acceptors (Lipinski definition) is 5. The minimum Gasteiger partial charge on any atom is -0.493 e. The van der Waals surface area contributed by atoms with E-state index in [1.165, 1.54) is 16.7 Å². The maximum absolute atomic E-state index is 5.03. The molecule has 0 saturated heterocycles. The first-order chi connectivity index (χ1) is 32.5. The second-order valence-electron chi connectivity index (χ2n) is 19.4. The van der Waals surface area contributed by atoms with Gasteiger partial charge in [-0.2, -0.15) is 6.07 Å². The molecule has 9 aromatic rings. The second kappa shape index (κ2) is 17.8. The average Bonchev–Trinajstić information content (AvgIpc) is 3.69. The Morgan fingerprint density at radius 3 is 1.78 bits per heavy atom. The fraction of sp³-hybridized carbons (Fsp3) is 0.129. The molecule has 2 aliphatic rings. The number of rotatable bonds is 7. The molecule has 0 aliphatic carbocycles. The molecule has 0 spiro atoms. The van der Waals surface area contributed by atoms with E-state index >= 15 is 0 Å². The van der Waals surface area contributed by atoms with Gasteiger partial charge < -0.3 is 19.6 Å². The smallest absolute Gasteiger partial charge is 0.135 e. The molecular weight excluding hydrogens is 1010 g/mol. The summed E-state index contributed by atoms with van der Waals surface area (Å²) in [4.78, 5) is 14.3. The van der Waals surface area contributed by atoms with Crippen molar-refractivity contribution in [2.75, 3.05) is 19.6 Å². The molecule has 0 fully saturated rings. The number of anilines is 10. The summed E-state index contributed by atoms with van der Waals surface area (Å²) >= 11 is 0. The van der Waals surface area contributed by atoms with E-state index in [0.29, 0.717) is 0 Å². The maximum atomic E-state index is 5.03. The molecule has 5 nitrogen and oxygen atoms in total. The molecular formula is C62H52N5Pt-3. The normalized spacial score (nSPS) is 12.9. The standard InChI is InChI=1S/C62H52N5.Pt/c1-61(2,3)45-32-34-52-50-25-13-14-26-51(50)53-35-33-47(41-59(53)67(58(52)39-45)60-31-19-20-36-63-60)66(46-23-11-8-12-24-46)49-38-44(43-21-9-7-10-22-43)37-48(40-49)64-42-65(57-30-18-17-29-56(57)64)55-28-16-15-27-54(55)62(4,5)6;/h7-39,42H,1-6H3;/q-3;. The van der Waals surface area contributed by atoms with Gasteiger partial charge in [-0.25, -0.2) is 4.98 Å². The molecule has 0 bridgehead atoms. The predicted octanol–water partition coefficient (Wildman–Crippen LogP) is 16.9. The first kappa shape index (κ1) is 44.6. The first-order valence-corrected chi connectivity index (χ1v) is 23.1. The summed E-state index contributed by atoms with van der Waals surface area (Å²) in [6.07, 6.45) is 1.88. The van der Waals surface area contributed by atoms with E-state index in [9.17, 15) is 0 Å². The SMILES string of the molecule is CC(C)(C)c1ccc2c(c1)N(c1ccccn1)c1[c-]c(N(c3[c-]c(N4[CH-]N(c5ccccc5C(C)(C)C)c5ccccc54)cc(-c4ccccc4)c3)c3ccccc3)ccc1-c1ccccc1-2.[Pt]. The Morgan fingerprint density at radius 1 is 0.471 bits per heavy atom. The molecule has 6 heteroatoms. The Labute approximate surface area is 416 Å². The Hall–Kier alpha value is -7.20. The largest absolute Gasteiger partial charge is 0.493 e. The van der Waals surface area contributed by atoms with Crippen LogP contribution in [0.25, 0.3) is 33.4 Å². The van der Waals surface area contributed by atoms with Crippen LogP contribution in [-0.2, 0) is 31.9 Å². The summed E-state index contributed by atoms with van der Waals surface area (Å²) in [6.45, 7) is 15.9. The van der Waals surface area contributed by atoms with Gasteiger partial charge in [-0.15, -0.1) is 53.8 Å². The molecule has 0 atom stereocenters. The van der Waals surface area contributed by atoms with E-state index in [0.717, 1.165) is 84.8 Å². The van der Waals surface area contributed by atoms with Crippen molar-refractivity contribution in [1.29, 1.82) is 0 Å². The summed E-state index contributed by atoms with van der Waals surface area (Å²) in [6, 6.07) is 77.5. The van der Waals surface area contributed by atoms with Gasteiger partial charge in [0, 0.05) is 55.6 Å². The van der Waals surface area contributed by atoms with Gasteiger partial charge in [0.1, 0.15) is 5.82 Å². The van der Waals surface area contributed by atoms with E-state index in [1.807, 2.05) is 12.3 Å². The van der Waals surface area contributed by atoms with Gasteiger partial charge >= 0.3 is 0 Å². The van der Waals surface area contributed by atoms with Crippen molar-refractivity contribution in [2.45, 2.75) is 52.4 Å². The molecule has 1 aromatic heterocycles. The van der Waals surface area contributed by atoms with Gasteiger partial charge in [0.15, 0.2) is 0 Å². The van der Waals surface area contributed by atoms with Crippen molar-refractivity contribution in [2.24, 2.45) is 0 Å². The molecule has 8 aromatic carbocycles. The average molecular weight is 1060 g/mol. The number of hydrogen-bond donors (Lipinski definition) is 0. The summed E-state index contributed by atoms with van der Waals surface area (Å²) in [5, 5.41) is 0. The molecule has 0 amide bonds. The predicted molar refractivity (Wildman–Crippen MR) is 280 cm³/mol. The van der Waals surface area contributed by atoms with Crippen molar-refractivity contribution in [1.82, 2.24) is 4.98 Å². The summed E-state index contributed by atoms with van der Waals surface area (Å²) in [7, 11) is 0. The van der Waals surface area contributed by atoms with Gasteiger partial charge in [0.25, 0.3) is 0 Å². The van der Waals surface area contributed by atoms with Gasteiger partial charge in [-0.3, -0.25) is 0 Å². The Bertz CT molecular complexity index is 3260. The van der Waals surface area contributed by atoms with E-state index in [1.54, 1.807) is 0 Å². The van der Waals surface area contributed by atoms with Crippen molar-refractivity contribution < 1.29 is 21.1 Å². The zero-order valence-electron chi connectivity index (χ0n) is 39.2. The fourth-order valence-electron chi connectivity index (χ4n) is 9.59. The van der Waals surface area contributed by atoms with Crippen LogP contribution in [0.5, 0.6) is 0 Å². The third kappa shape index (κ3) is 8.09. The minimum atomic E-state index is -0.0766.